The highest BCUT2D eigenvalue weighted by Gasteiger charge is 2.31. The first-order valence-corrected chi connectivity index (χ1v) is 8.29. The van der Waals surface area contributed by atoms with E-state index in [0.717, 1.165) is 17.7 Å². The normalized spacial score (nSPS) is 16.0. The highest BCUT2D eigenvalue weighted by molar-refractivity contribution is 9.10. The summed E-state index contributed by atoms with van der Waals surface area (Å²) in [6.45, 7) is 1.52. The molecule has 0 bridgehead atoms. The van der Waals surface area contributed by atoms with Crippen LogP contribution >= 0.6 is 15.9 Å². The summed E-state index contributed by atoms with van der Waals surface area (Å²) in [6, 6.07) is 11.7. The van der Waals surface area contributed by atoms with Gasteiger partial charge in [0.1, 0.15) is 5.82 Å². The Balaban J connectivity index is 1.69. The van der Waals surface area contributed by atoms with Crippen LogP contribution in [0.25, 0.3) is 0 Å². The Morgan fingerprint density at radius 3 is 2.79 bits per heavy atom. The molecule has 4 nitrogen and oxygen atoms in total. The zero-order valence-electron chi connectivity index (χ0n) is 13.0. The van der Waals surface area contributed by atoms with Crippen LogP contribution in [0.3, 0.4) is 0 Å². The highest BCUT2D eigenvalue weighted by atomic mass is 79.9. The third kappa shape index (κ3) is 3.19. The summed E-state index contributed by atoms with van der Waals surface area (Å²) in [4.78, 5) is 26.0. The lowest BCUT2D eigenvalue weighted by Gasteiger charge is -2.22. The van der Waals surface area contributed by atoms with Crippen molar-refractivity contribution in [3.8, 4) is 0 Å². The molecule has 1 heterocycles. The summed E-state index contributed by atoms with van der Waals surface area (Å²) < 4.78 is 19.3. The maximum Gasteiger partial charge on any atom is 0.341 e. The van der Waals surface area contributed by atoms with E-state index in [-0.39, 0.29) is 17.5 Å². The SMILES string of the molecule is C[C@H]1Cc2ccccc2N1C(=O)COC(=O)c1ccc(Br)cc1F. The van der Waals surface area contributed by atoms with Gasteiger partial charge in [0.15, 0.2) is 6.61 Å². The van der Waals surface area contributed by atoms with Crippen molar-refractivity contribution in [1.82, 2.24) is 0 Å². The Bertz CT molecular complexity index is 809. The Labute approximate surface area is 147 Å². The van der Waals surface area contributed by atoms with Gasteiger partial charge in [-0.25, -0.2) is 9.18 Å². The summed E-state index contributed by atoms with van der Waals surface area (Å²) in [5.74, 6) is -1.87. The number of nitrogens with zero attached hydrogens (tertiary/aromatic N) is 1. The molecule has 0 unspecified atom stereocenters. The van der Waals surface area contributed by atoms with Crippen molar-refractivity contribution in [2.75, 3.05) is 11.5 Å². The van der Waals surface area contributed by atoms with Gasteiger partial charge in [0.2, 0.25) is 0 Å². The first-order chi connectivity index (χ1) is 11.5. The maximum absolute atomic E-state index is 13.8. The minimum Gasteiger partial charge on any atom is -0.452 e. The molecule has 0 radical (unpaired) electrons. The van der Waals surface area contributed by atoms with Crippen molar-refractivity contribution in [3.63, 3.8) is 0 Å². The maximum atomic E-state index is 13.8. The molecule has 1 aliphatic heterocycles. The smallest absolute Gasteiger partial charge is 0.341 e. The predicted octanol–water partition coefficient (Wildman–Crippen LogP) is 3.72. The third-order valence-electron chi connectivity index (χ3n) is 3.95. The highest BCUT2D eigenvalue weighted by Crippen LogP contribution is 2.31. The minimum absolute atomic E-state index is 0.00183. The summed E-state index contributed by atoms with van der Waals surface area (Å²) in [5, 5.41) is 0. The van der Waals surface area contributed by atoms with Crippen molar-refractivity contribution in [2.24, 2.45) is 0 Å². The summed E-state index contributed by atoms with van der Waals surface area (Å²) >= 11 is 3.12. The van der Waals surface area contributed by atoms with Crippen LogP contribution in [0.5, 0.6) is 0 Å². The number of hydrogen-bond donors (Lipinski definition) is 0. The number of esters is 1. The minimum atomic E-state index is -0.853. The number of halogens is 2. The second-order valence-corrected chi connectivity index (χ2v) is 6.56. The van der Waals surface area contributed by atoms with Crippen molar-refractivity contribution in [3.05, 3.63) is 63.9 Å². The molecule has 0 N–H and O–H groups in total. The Hall–Kier alpha value is -2.21. The molecule has 124 valence electrons. The molecule has 3 rings (SSSR count). The molecular formula is C18H15BrFNO3. The lowest BCUT2D eigenvalue weighted by Crippen LogP contribution is -2.38. The van der Waals surface area contributed by atoms with Crippen LogP contribution < -0.4 is 4.90 Å². The van der Waals surface area contributed by atoms with E-state index in [1.54, 1.807) is 11.0 Å². The molecule has 2 aromatic carbocycles. The van der Waals surface area contributed by atoms with Gasteiger partial charge in [-0.1, -0.05) is 34.1 Å². The molecule has 0 aromatic heterocycles. The first-order valence-electron chi connectivity index (χ1n) is 7.49. The molecule has 0 saturated carbocycles. The fraction of sp³-hybridized carbons (Fsp3) is 0.222. The Morgan fingerprint density at radius 1 is 1.29 bits per heavy atom. The van der Waals surface area contributed by atoms with Crippen LogP contribution in [-0.2, 0) is 16.0 Å². The van der Waals surface area contributed by atoms with E-state index >= 15 is 0 Å². The van der Waals surface area contributed by atoms with E-state index in [1.807, 2.05) is 31.2 Å². The van der Waals surface area contributed by atoms with Crippen LogP contribution in [-0.4, -0.2) is 24.5 Å². The number of benzene rings is 2. The van der Waals surface area contributed by atoms with E-state index in [1.165, 1.54) is 12.1 Å². The number of carbonyl (C=O) groups excluding carboxylic acids is 2. The van der Waals surface area contributed by atoms with Crippen LogP contribution in [0.4, 0.5) is 10.1 Å². The Kier molecular flexibility index (Phi) is 4.66. The molecule has 0 aliphatic carbocycles. The average Bonchev–Trinajstić information content (AvgIpc) is 2.88. The lowest BCUT2D eigenvalue weighted by atomic mass is 10.1. The molecule has 6 heteroatoms. The topological polar surface area (TPSA) is 46.6 Å². The number of rotatable bonds is 3. The van der Waals surface area contributed by atoms with E-state index < -0.39 is 18.4 Å². The van der Waals surface area contributed by atoms with E-state index in [4.69, 9.17) is 4.74 Å². The summed E-state index contributed by atoms with van der Waals surface area (Å²) in [7, 11) is 0. The van der Waals surface area contributed by atoms with Gasteiger partial charge in [0, 0.05) is 16.2 Å². The Morgan fingerprint density at radius 2 is 2.04 bits per heavy atom. The van der Waals surface area contributed by atoms with Crippen LogP contribution in [0.1, 0.15) is 22.8 Å². The summed E-state index contributed by atoms with van der Waals surface area (Å²) in [6.07, 6.45) is 0.761. The van der Waals surface area contributed by atoms with E-state index in [0.29, 0.717) is 4.47 Å². The number of carbonyl (C=O) groups is 2. The van der Waals surface area contributed by atoms with Crippen molar-refractivity contribution < 1.29 is 18.7 Å². The van der Waals surface area contributed by atoms with Gasteiger partial charge < -0.3 is 9.64 Å². The summed E-state index contributed by atoms with van der Waals surface area (Å²) in [5.41, 5.74) is 1.73. The zero-order valence-corrected chi connectivity index (χ0v) is 14.5. The van der Waals surface area contributed by atoms with Gasteiger partial charge in [-0.3, -0.25) is 4.79 Å². The van der Waals surface area contributed by atoms with Crippen LogP contribution in [0.2, 0.25) is 0 Å². The van der Waals surface area contributed by atoms with E-state index in [2.05, 4.69) is 15.9 Å². The fourth-order valence-electron chi connectivity index (χ4n) is 2.88. The largest absolute Gasteiger partial charge is 0.452 e. The van der Waals surface area contributed by atoms with Gasteiger partial charge in [-0.2, -0.15) is 0 Å². The van der Waals surface area contributed by atoms with Gasteiger partial charge in [-0.05, 0) is 43.2 Å². The number of hydrogen-bond acceptors (Lipinski definition) is 3. The van der Waals surface area contributed by atoms with Crippen LogP contribution in [0, 0.1) is 5.82 Å². The molecule has 0 spiro atoms. The first kappa shape index (κ1) is 16.6. The van der Waals surface area contributed by atoms with Crippen LogP contribution in [0.15, 0.2) is 46.9 Å². The molecule has 24 heavy (non-hydrogen) atoms. The number of para-hydroxylation sites is 1. The fourth-order valence-corrected chi connectivity index (χ4v) is 3.21. The zero-order chi connectivity index (χ0) is 17.3. The predicted molar refractivity (Wildman–Crippen MR) is 91.5 cm³/mol. The van der Waals surface area contributed by atoms with Crippen molar-refractivity contribution >= 4 is 33.5 Å². The number of amides is 1. The van der Waals surface area contributed by atoms with Gasteiger partial charge in [-0.15, -0.1) is 0 Å². The van der Waals surface area contributed by atoms with E-state index in [9.17, 15) is 14.0 Å². The molecule has 0 saturated heterocycles. The quantitative estimate of drug-likeness (QED) is 0.749. The number of fused-ring (bicyclic) bond motifs is 1. The van der Waals surface area contributed by atoms with Crippen molar-refractivity contribution in [2.45, 2.75) is 19.4 Å². The second-order valence-electron chi connectivity index (χ2n) is 5.65. The van der Waals surface area contributed by atoms with Crippen molar-refractivity contribution in [1.29, 1.82) is 0 Å². The number of anilines is 1. The molecule has 1 aliphatic rings. The van der Waals surface area contributed by atoms with Gasteiger partial charge in [0.05, 0.1) is 5.56 Å². The second kappa shape index (κ2) is 6.73. The molecule has 1 amide bonds. The number of ether oxygens (including phenoxy) is 1. The monoisotopic (exact) mass is 391 g/mol. The van der Waals surface area contributed by atoms with Gasteiger partial charge in [0.25, 0.3) is 5.91 Å². The molecule has 1 atom stereocenters. The average molecular weight is 392 g/mol. The molecular weight excluding hydrogens is 377 g/mol. The van der Waals surface area contributed by atoms with Gasteiger partial charge >= 0.3 is 5.97 Å². The molecule has 0 fully saturated rings. The standard InChI is InChI=1S/C18H15BrFNO3/c1-11-8-12-4-2-3-5-16(12)21(11)17(22)10-24-18(23)14-7-6-13(19)9-15(14)20/h2-7,9,11H,8,10H2,1H3/t11-/m0/s1. The third-order valence-corrected chi connectivity index (χ3v) is 4.45. The lowest BCUT2D eigenvalue weighted by molar-refractivity contribution is -0.122. The molecule has 2 aromatic rings.